The zero-order chi connectivity index (χ0) is 13.1. The Hall–Kier alpha value is -2.11. The molecule has 1 amide bonds. The number of aromatic nitrogens is 1. The van der Waals surface area contributed by atoms with E-state index in [1.165, 1.54) is 19.1 Å². The Bertz CT molecular complexity index is 458. The molecule has 0 aromatic carbocycles. The normalized spacial score (nSPS) is 18.9. The van der Waals surface area contributed by atoms with Crippen molar-refractivity contribution in [2.75, 3.05) is 25.7 Å². The van der Waals surface area contributed by atoms with E-state index in [1.54, 1.807) is 18.3 Å². The monoisotopic (exact) mass is 250 g/mol. The molecule has 1 unspecified atom stereocenters. The summed E-state index contributed by atoms with van der Waals surface area (Å²) >= 11 is 0. The van der Waals surface area contributed by atoms with Gasteiger partial charge in [0.25, 0.3) is 0 Å². The number of esters is 1. The van der Waals surface area contributed by atoms with Crippen molar-refractivity contribution in [3.63, 3.8) is 0 Å². The molecule has 0 aliphatic carbocycles. The van der Waals surface area contributed by atoms with Gasteiger partial charge in [-0.25, -0.2) is 4.98 Å². The van der Waals surface area contributed by atoms with Crippen molar-refractivity contribution in [1.82, 2.24) is 4.98 Å². The second-order valence-corrected chi connectivity index (χ2v) is 3.99. The maximum absolute atomic E-state index is 11.8. The average molecular weight is 250 g/mol. The number of pyridine rings is 1. The molecular formula is C12H14N2O4. The van der Waals surface area contributed by atoms with Crippen LogP contribution in [0, 0.1) is 5.92 Å². The van der Waals surface area contributed by atoms with Crippen molar-refractivity contribution in [3.05, 3.63) is 18.3 Å². The van der Waals surface area contributed by atoms with Crippen molar-refractivity contribution < 1.29 is 19.1 Å². The van der Waals surface area contributed by atoms with Crippen molar-refractivity contribution in [1.29, 1.82) is 0 Å². The maximum Gasteiger partial charge on any atom is 0.311 e. The van der Waals surface area contributed by atoms with Gasteiger partial charge in [-0.2, -0.15) is 0 Å². The van der Waals surface area contributed by atoms with E-state index >= 15 is 0 Å². The van der Waals surface area contributed by atoms with E-state index in [2.05, 4.69) is 9.72 Å². The molecule has 1 aliphatic heterocycles. The molecule has 18 heavy (non-hydrogen) atoms. The van der Waals surface area contributed by atoms with Gasteiger partial charge in [0.05, 0.1) is 32.0 Å². The zero-order valence-corrected chi connectivity index (χ0v) is 10.3. The molecule has 2 rings (SSSR count). The highest BCUT2D eigenvalue weighted by molar-refractivity contribution is 5.99. The topological polar surface area (TPSA) is 68.7 Å². The lowest BCUT2D eigenvalue weighted by Gasteiger charge is -2.15. The number of methoxy groups -OCH3 is 2. The number of carbonyl (C=O) groups excluding carboxylic acids is 2. The summed E-state index contributed by atoms with van der Waals surface area (Å²) in [4.78, 5) is 28.8. The van der Waals surface area contributed by atoms with E-state index in [0.717, 1.165) is 0 Å². The molecule has 1 aliphatic rings. The number of rotatable bonds is 3. The second kappa shape index (κ2) is 5.03. The quantitative estimate of drug-likeness (QED) is 0.735. The van der Waals surface area contributed by atoms with Crippen molar-refractivity contribution >= 4 is 17.6 Å². The summed E-state index contributed by atoms with van der Waals surface area (Å²) in [5, 5.41) is 0. The average Bonchev–Trinajstić information content (AvgIpc) is 2.80. The molecule has 0 radical (unpaired) electrons. The van der Waals surface area contributed by atoms with Crippen molar-refractivity contribution in [3.8, 4) is 5.88 Å². The Labute approximate surface area is 105 Å². The fraction of sp³-hybridized carbons (Fsp3) is 0.417. The van der Waals surface area contributed by atoms with Crippen molar-refractivity contribution in [2.45, 2.75) is 6.42 Å². The Morgan fingerprint density at radius 3 is 2.78 bits per heavy atom. The first-order chi connectivity index (χ1) is 8.65. The summed E-state index contributed by atoms with van der Waals surface area (Å²) in [6.07, 6.45) is 1.73. The van der Waals surface area contributed by atoms with Crippen LogP contribution in [0.1, 0.15) is 6.42 Å². The molecule has 0 saturated carbocycles. The molecule has 0 spiro atoms. The molecule has 6 heteroatoms. The Balaban J connectivity index is 2.13. The summed E-state index contributed by atoms with van der Waals surface area (Å²) < 4.78 is 9.60. The standard InChI is InChI=1S/C12H14N2O4/c1-17-10-4-3-9(6-13-10)14-7-8(5-11(14)15)12(16)18-2/h3-4,6,8H,5,7H2,1-2H3. The lowest BCUT2D eigenvalue weighted by molar-refractivity contribution is -0.145. The summed E-state index contributed by atoms with van der Waals surface area (Å²) in [6, 6.07) is 3.41. The smallest absolute Gasteiger partial charge is 0.311 e. The minimum Gasteiger partial charge on any atom is -0.481 e. The Morgan fingerprint density at radius 1 is 1.44 bits per heavy atom. The van der Waals surface area contributed by atoms with Crippen molar-refractivity contribution in [2.24, 2.45) is 5.92 Å². The fourth-order valence-electron chi connectivity index (χ4n) is 1.93. The van der Waals surface area contributed by atoms with E-state index < -0.39 is 5.92 Å². The predicted octanol–water partition coefficient (Wildman–Crippen LogP) is 0.616. The number of amides is 1. The van der Waals surface area contributed by atoms with E-state index in [0.29, 0.717) is 18.1 Å². The number of hydrogen-bond donors (Lipinski definition) is 0. The number of ether oxygens (including phenoxy) is 2. The molecule has 2 heterocycles. The second-order valence-electron chi connectivity index (χ2n) is 3.99. The molecule has 1 aromatic rings. The van der Waals surface area contributed by atoms with Crippen LogP contribution < -0.4 is 9.64 Å². The minimum absolute atomic E-state index is 0.0997. The van der Waals surface area contributed by atoms with Gasteiger partial charge in [-0.15, -0.1) is 0 Å². The number of carbonyl (C=O) groups is 2. The minimum atomic E-state index is -0.399. The molecule has 1 aromatic heterocycles. The molecule has 96 valence electrons. The highest BCUT2D eigenvalue weighted by atomic mass is 16.5. The first-order valence-corrected chi connectivity index (χ1v) is 5.54. The van der Waals surface area contributed by atoms with E-state index in [-0.39, 0.29) is 18.3 Å². The van der Waals surface area contributed by atoms with Gasteiger partial charge in [0, 0.05) is 19.0 Å². The van der Waals surface area contributed by atoms with Gasteiger partial charge >= 0.3 is 5.97 Å². The van der Waals surface area contributed by atoms with Gasteiger partial charge in [-0.3, -0.25) is 9.59 Å². The largest absolute Gasteiger partial charge is 0.481 e. The first-order valence-electron chi connectivity index (χ1n) is 5.54. The van der Waals surface area contributed by atoms with Crippen LogP contribution in [-0.2, 0) is 14.3 Å². The molecule has 1 atom stereocenters. The fourth-order valence-corrected chi connectivity index (χ4v) is 1.93. The molecule has 1 fully saturated rings. The third kappa shape index (κ3) is 2.27. The third-order valence-corrected chi connectivity index (χ3v) is 2.90. The van der Waals surface area contributed by atoms with Crippen LogP contribution in [0.2, 0.25) is 0 Å². The highest BCUT2D eigenvalue weighted by Gasteiger charge is 2.35. The zero-order valence-electron chi connectivity index (χ0n) is 10.3. The van der Waals surface area contributed by atoms with Crippen LogP contribution in [0.25, 0.3) is 0 Å². The molecule has 1 saturated heterocycles. The summed E-state index contributed by atoms with van der Waals surface area (Å²) in [5.74, 6) is -0.371. The van der Waals surface area contributed by atoms with Gasteiger partial charge in [0.15, 0.2) is 0 Å². The molecule has 0 bridgehead atoms. The summed E-state index contributed by atoms with van der Waals surface area (Å²) in [7, 11) is 2.85. The Kier molecular flexibility index (Phi) is 3.45. The summed E-state index contributed by atoms with van der Waals surface area (Å²) in [6.45, 7) is 0.333. The first kappa shape index (κ1) is 12.3. The van der Waals surface area contributed by atoms with E-state index in [9.17, 15) is 9.59 Å². The van der Waals surface area contributed by atoms with Gasteiger partial charge in [0.2, 0.25) is 11.8 Å². The predicted molar refractivity (Wildman–Crippen MR) is 63.3 cm³/mol. The lowest BCUT2D eigenvalue weighted by Crippen LogP contribution is -2.26. The SMILES string of the molecule is COC(=O)C1CC(=O)N(c2ccc(OC)nc2)C1. The van der Waals surface area contributed by atoms with Crippen LogP contribution in [0.3, 0.4) is 0 Å². The Morgan fingerprint density at radius 2 is 2.22 bits per heavy atom. The van der Waals surface area contributed by atoms with Crippen LogP contribution in [-0.4, -0.2) is 37.6 Å². The number of anilines is 1. The van der Waals surface area contributed by atoms with Gasteiger partial charge in [-0.1, -0.05) is 0 Å². The molecule has 0 N–H and O–H groups in total. The van der Waals surface area contributed by atoms with Gasteiger partial charge in [-0.05, 0) is 6.07 Å². The van der Waals surface area contributed by atoms with E-state index in [1.807, 2.05) is 0 Å². The van der Waals surface area contributed by atoms with Crippen LogP contribution >= 0.6 is 0 Å². The van der Waals surface area contributed by atoms with Crippen LogP contribution in [0.4, 0.5) is 5.69 Å². The molecule has 6 nitrogen and oxygen atoms in total. The number of hydrogen-bond acceptors (Lipinski definition) is 5. The molecular weight excluding hydrogens is 236 g/mol. The number of nitrogens with zero attached hydrogens (tertiary/aromatic N) is 2. The highest BCUT2D eigenvalue weighted by Crippen LogP contribution is 2.26. The van der Waals surface area contributed by atoms with Crippen LogP contribution in [0.15, 0.2) is 18.3 Å². The van der Waals surface area contributed by atoms with Gasteiger partial charge < -0.3 is 14.4 Å². The third-order valence-electron chi connectivity index (χ3n) is 2.90. The summed E-state index contributed by atoms with van der Waals surface area (Å²) in [5.41, 5.74) is 0.659. The lowest BCUT2D eigenvalue weighted by atomic mass is 10.1. The van der Waals surface area contributed by atoms with E-state index in [4.69, 9.17) is 4.74 Å². The van der Waals surface area contributed by atoms with Crippen LogP contribution in [0.5, 0.6) is 5.88 Å². The maximum atomic E-state index is 11.8. The van der Waals surface area contributed by atoms with Gasteiger partial charge in [0.1, 0.15) is 0 Å².